The Hall–Kier alpha value is -6.64. The molecular weight excluding hydrogens is 653 g/mol. The van der Waals surface area contributed by atoms with Crippen LogP contribution in [0.4, 0.5) is 0 Å². The lowest BCUT2D eigenvalue weighted by Gasteiger charge is -2.19. The average Bonchev–Trinajstić information content (AvgIpc) is 3.20. The summed E-state index contributed by atoms with van der Waals surface area (Å²) in [5.74, 6) is 0. The van der Waals surface area contributed by atoms with Crippen LogP contribution < -0.4 is 0 Å². The Morgan fingerprint density at radius 2 is 0.648 bits per heavy atom. The zero-order chi connectivity index (χ0) is 36.8. The molecule has 0 amide bonds. The van der Waals surface area contributed by atoms with Gasteiger partial charge in [-0.25, -0.2) is 9.97 Å². The van der Waals surface area contributed by atoms with E-state index in [9.17, 15) is 0 Å². The van der Waals surface area contributed by atoms with Gasteiger partial charge in [0.25, 0.3) is 0 Å². The Kier molecular flexibility index (Phi) is 8.44. The van der Waals surface area contributed by atoms with Gasteiger partial charge in [-0.15, -0.1) is 0 Å². The van der Waals surface area contributed by atoms with Gasteiger partial charge in [0.1, 0.15) is 0 Å². The van der Waals surface area contributed by atoms with Gasteiger partial charge in [0.15, 0.2) is 0 Å². The maximum Gasteiger partial charge on any atom is 0.0978 e. The summed E-state index contributed by atoms with van der Waals surface area (Å²) in [6.45, 7) is 8.77. The predicted molar refractivity (Wildman–Crippen MR) is 229 cm³/mol. The first-order valence-electron chi connectivity index (χ1n) is 18.7. The zero-order valence-corrected chi connectivity index (χ0v) is 31.1. The van der Waals surface area contributed by atoms with Crippen LogP contribution in [-0.4, -0.2) is 9.97 Å². The summed E-state index contributed by atoms with van der Waals surface area (Å²) in [4.78, 5) is 11.3. The van der Waals surface area contributed by atoms with Gasteiger partial charge in [-0.05, 0) is 108 Å². The third-order valence-corrected chi connectivity index (χ3v) is 10.6. The summed E-state index contributed by atoms with van der Waals surface area (Å²) in [6.07, 6.45) is 0. The summed E-state index contributed by atoms with van der Waals surface area (Å²) in [5, 5.41) is 2.16. The second kappa shape index (κ2) is 13.7. The lowest BCUT2D eigenvalue weighted by molar-refractivity contribution is 1.32. The van der Waals surface area contributed by atoms with E-state index in [2.05, 4.69) is 198 Å². The molecular formula is C52H40N2. The van der Waals surface area contributed by atoms with Crippen molar-refractivity contribution in [1.82, 2.24) is 9.97 Å². The fourth-order valence-corrected chi connectivity index (χ4v) is 8.28. The van der Waals surface area contributed by atoms with Crippen molar-refractivity contribution < 1.29 is 0 Å². The molecule has 0 aliphatic rings. The Labute approximate surface area is 317 Å². The normalized spacial score (nSPS) is 11.3. The number of pyridine rings is 2. The molecule has 0 saturated heterocycles. The highest BCUT2D eigenvalue weighted by atomic mass is 14.8. The molecule has 0 saturated carbocycles. The molecule has 0 aliphatic heterocycles. The molecule has 2 nitrogen and oxygen atoms in total. The molecule has 0 bridgehead atoms. The summed E-state index contributed by atoms with van der Waals surface area (Å²) < 4.78 is 0. The molecule has 0 spiro atoms. The van der Waals surface area contributed by atoms with Gasteiger partial charge in [0, 0.05) is 21.9 Å². The van der Waals surface area contributed by atoms with Crippen LogP contribution in [0.2, 0.25) is 0 Å². The standard InChI is InChI=1S/C52H40N2/c1-33-27-35(3)49(39-21-13-7-14-22-39)45(29-33)47-31-43(37-17-9-5-10-18-37)41-25-26-42-44(38-19-11-6-12-20-38)32-48(54-52(42)51(41)53-47)46-30-34(2)28-36(4)50(46)40-23-15-8-16-24-40/h5-32H,1-4H3. The van der Waals surface area contributed by atoms with Crippen molar-refractivity contribution in [2.24, 2.45) is 0 Å². The van der Waals surface area contributed by atoms with Crippen molar-refractivity contribution in [1.29, 1.82) is 0 Å². The summed E-state index contributed by atoms with van der Waals surface area (Å²) in [6, 6.07) is 61.0. The maximum atomic E-state index is 5.65. The van der Waals surface area contributed by atoms with E-state index in [0.717, 1.165) is 66.6 Å². The topological polar surface area (TPSA) is 25.8 Å². The molecule has 7 aromatic carbocycles. The van der Waals surface area contributed by atoms with Crippen LogP contribution >= 0.6 is 0 Å². The monoisotopic (exact) mass is 692 g/mol. The number of aromatic nitrogens is 2. The van der Waals surface area contributed by atoms with Gasteiger partial charge in [0.05, 0.1) is 22.4 Å². The van der Waals surface area contributed by atoms with Crippen LogP contribution in [0.25, 0.3) is 88.8 Å². The van der Waals surface area contributed by atoms with E-state index >= 15 is 0 Å². The Bertz CT molecular complexity index is 2630. The Balaban J connectivity index is 1.43. The van der Waals surface area contributed by atoms with Crippen LogP contribution in [0.15, 0.2) is 170 Å². The number of hydrogen-bond donors (Lipinski definition) is 0. The molecule has 2 heterocycles. The van der Waals surface area contributed by atoms with E-state index in [-0.39, 0.29) is 0 Å². The van der Waals surface area contributed by atoms with E-state index in [1.165, 1.54) is 44.5 Å². The van der Waals surface area contributed by atoms with Crippen LogP contribution in [0.5, 0.6) is 0 Å². The van der Waals surface area contributed by atoms with Gasteiger partial charge < -0.3 is 0 Å². The highest BCUT2D eigenvalue weighted by Gasteiger charge is 2.21. The fraction of sp³-hybridized carbons (Fsp3) is 0.0769. The molecule has 9 aromatic rings. The highest BCUT2D eigenvalue weighted by Crippen LogP contribution is 2.43. The quantitative estimate of drug-likeness (QED) is 0.162. The molecule has 258 valence electrons. The minimum atomic E-state index is 0.895. The van der Waals surface area contributed by atoms with E-state index in [1.54, 1.807) is 0 Å². The maximum absolute atomic E-state index is 5.65. The average molecular weight is 693 g/mol. The first-order valence-corrected chi connectivity index (χ1v) is 18.7. The molecule has 0 aliphatic carbocycles. The number of hydrogen-bond acceptors (Lipinski definition) is 2. The zero-order valence-electron chi connectivity index (χ0n) is 31.1. The predicted octanol–water partition coefficient (Wildman–Crippen LogP) is 14.0. The molecule has 0 atom stereocenters. The first-order chi connectivity index (χ1) is 26.4. The highest BCUT2D eigenvalue weighted by molar-refractivity contribution is 6.14. The molecule has 0 unspecified atom stereocenters. The SMILES string of the molecule is Cc1cc(C)c(-c2ccccc2)c(-c2cc(-c3ccccc3)c3ccc4c(-c5ccccc5)cc(-c5cc(C)cc(C)c5-c5ccccc5)nc4c3n2)c1. The Morgan fingerprint density at radius 3 is 1.00 bits per heavy atom. The van der Waals surface area contributed by atoms with Gasteiger partial charge in [-0.3, -0.25) is 0 Å². The van der Waals surface area contributed by atoms with E-state index in [1.807, 2.05) is 0 Å². The van der Waals surface area contributed by atoms with Gasteiger partial charge in [0.2, 0.25) is 0 Å². The number of benzene rings is 7. The number of rotatable bonds is 6. The second-order valence-electron chi connectivity index (χ2n) is 14.4. The number of fused-ring (bicyclic) bond motifs is 3. The van der Waals surface area contributed by atoms with E-state index in [4.69, 9.17) is 9.97 Å². The minimum absolute atomic E-state index is 0.895. The fourth-order valence-electron chi connectivity index (χ4n) is 8.28. The first kappa shape index (κ1) is 33.2. The summed E-state index contributed by atoms with van der Waals surface area (Å²) in [7, 11) is 0. The van der Waals surface area contributed by atoms with Crippen LogP contribution in [-0.2, 0) is 0 Å². The third-order valence-electron chi connectivity index (χ3n) is 10.6. The van der Waals surface area contributed by atoms with Crippen molar-refractivity contribution in [3.63, 3.8) is 0 Å². The molecule has 0 fully saturated rings. The van der Waals surface area contributed by atoms with Crippen molar-refractivity contribution in [3.8, 4) is 67.0 Å². The lowest BCUT2D eigenvalue weighted by Crippen LogP contribution is -1.98. The molecule has 0 radical (unpaired) electrons. The molecule has 54 heavy (non-hydrogen) atoms. The summed E-state index contributed by atoms with van der Waals surface area (Å²) >= 11 is 0. The van der Waals surface area contributed by atoms with Crippen molar-refractivity contribution in [2.75, 3.05) is 0 Å². The third kappa shape index (κ3) is 5.96. The second-order valence-corrected chi connectivity index (χ2v) is 14.4. The lowest BCUT2D eigenvalue weighted by atomic mass is 9.88. The van der Waals surface area contributed by atoms with Crippen molar-refractivity contribution in [2.45, 2.75) is 27.7 Å². The van der Waals surface area contributed by atoms with Crippen LogP contribution in [0.3, 0.4) is 0 Å². The largest absolute Gasteiger partial charge is 0.245 e. The smallest absolute Gasteiger partial charge is 0.0978 e. The summed E-state index contributed by atoms with van der Waals surface area (Å²) in [5.41, 5.74) is 20.1. The number of aryl methyl sites for hydroxylation is 4. The minimum Gasteiger partial charge on any atom is -0.245 e. The van der Waals surface area contributed by atoms with Gasteiger partial charge >= 0.3 is 0 Å². The Morgan fingerprint density at radius 1 is 0.315 bits per heavy atom. The van der Waals surface area contributed by atoms with Crippen molar-refractivity contribution >= 4 is 21.8 Å². The number of nitrogens with zero attached hydrogens (tertiary/aromatic N) is 2. The molecule has 2 heteroatoms. The van der Waals surface area contributed by atoms with Crippen LogP contribution in [0, 0.1) is 27.7 Å². The van der Waals surface area contributed by atoms with E-state index < -0.39 is 0 Å². The van der Waals surface area contributed by atoms with Crippen molar-refractivity contribution in [3.05, 3.63) is 192 Å². The molecule has 9 rings (SSSR count). The van der Waals surface area contributed by atoms with Crippen LogP contribution in [0.1, 0.15) is 22.3 Å². The van der Waals surface area contributed by atoms with E-state index in [0.29, 0.717) is 0 Å². The molecule has 2 aromatic heterocycles. The van der Waals surface area contributed by atoms with Gasteiger partial charge in [-0.1, -0.05) is 157 Å². The molecule has 0 N–H and O–H groups in total. The van der Waals surface area contributed by atoms with Gasteiger partial charge in [-0.2, -0.15) is 0 Å².